The molecule has 5 nitrogen and oxygen atoms in total. The molecule has 0 bridgehead atoms. The number of halogens is 1. The summed E-state index contributed by atoms with van der Waals surface area (Å²) < 4.78 is 5.67. The number of pyridine rings is 1. The third-order valence-electron chi connectivity index (χ3n) is 5.45. The Labute approximate surface area is 191 Å². The molecule has 29 heavy (non-hydrogen) atoms. The minimum Gasteiger partial charge on any atom is -0.381 e. The number of rotatable bonds is 7. The summed E-state index contributed by atoms with van der Waals surface area (Å²) in [5, 5.41) is 6.84. The van der Waals surface area contributed by atoms with E-state index >= 15 is 0 Å². The van der Waals surface area contributed by atoms with Crippen molar-refractivity contribution in [2.24, 2.45) is 4.99 Å². The summed E-state index contributed by atoms with van der Waals surface area (Å²) in [7, 11) is 0. The van der Waals surface area contributed by atoms with Crippen LogP contribution in [0.5, 0.6) is 0 Å². The summed E-state index contributed by atoms with van der Waals surface area (Å²) in [5.74, 6) is 0.873. The molecular weight excluding hydrogens is 475 g/mol. The van der Waals surface area contributed by atoms with Crippen LogP contribution in [-0.4, -0.2) is 43.8 Å². The minimum absolute atomic E-state index is 0. The molecule has 0 unspecified atom stereocenters. The molecule has 2 N–H and O–H groups in total. The molecule has 3 rings (SSSR count). The predicted molar refractivity (Wildman–Crippen MR) is 130 cm³/mol. The molecule has 1 saturated heterocycles. The van der Waals surface area contributed by atoms with Crippen LogP contribution in [0.2, 0.25) is 0 Å². The molecular formula is C23H33IN4O. The van der Waals surface area contributed by atoms with E-state index in [-0.39, 0.29) is 29.4 Å². The molecule has 0 saturated carbocycles. The van der Waals surface area contributed by atoms with Gasteiger partial charge in [-0.15, -0.1) is 24.0 Å². The molecule has 2 aromatic rings. The highest BCUT2D eigenvalue weighted by Crippen LogP contribution is 2.36. The lowest BCUT2D eigenvalue weighted by Gasteiger charge is -2.37. The first kappa shape index (κ1) is 23.6. The Balaban J connectivity index is 0.00000300. The highest BCUT2D eigenvalue weighted by Gasteiger charge is 2.35. The maximum Gasteiger partial charge on any atom is 0.191 e. The van der Waals surface area contributed by atoms with Gasteiger partial charge in [0.25, 0.3) is 0 Å². The van der Waals surface area contributed by atoms with Crippen molar-refractivity contribution >= 4 is 29.9 Å². The zero-order valence-electron chi connectivity index (χ0n) is 17.5. The smallest absolute Gasteiger partial charge is 0.191 e. The standard InChI is InChI=1S/C23H32N4O.HI/c1-3-24-22(26-15-11-20-9-6-7-14-25-20)27-18-23(12-16-28-17-13-23)21-10-5-4-8-19(21)2;/h4-10,14H,3,11-13,15-18H2,1-2H3,(H2,24,26,27);1H. The summed E-state index contributed by atoms with van der Waals surface area (Å²) in [6.07, 6.45) is 4.73. The lowest BCUT2D eigenvalue weighted by Crippen LogP contribution is -2.42. The first-order chi connectivity index (χ1) is 13.7. The van der Waals surface area contributed by atoms with E-state index in [1.54, 1.807) is 0 Å². The Morgan fingerprint density at radius 2 is 1.86 bits per heavy atom. The van der Waals surface area contributed by atoms with Gasteiger partial charge >= 0.3 is 0 Å². The van der Waals surface area contributed by atoms with Crippen LogP contribution in [0.4, 0.5) is 0 Å². The molecule has 0 radical (unpaired) electrons. The second-order valence-corrected chi connectivity index (χ2v) is 7.40. The Morgan fingerprint density at radius 1 is 1.10 bits per heavy atom. The monoisotopic (exact) mass is 508 g/mol. The first-order valence-corrected chi connectivity index (χ1v) is 10.3. The highest BCUT2D eigenvalue weighted by molar-refractivity contribution is 14.0. The van der Waals surface area contributed by atoms with E-state index in [1.807, 2.05) is 18.3 Å². The van der Waals surface area contributed by atoms with E-state index < -0.39 is 0 Å². The van der Waals surface area contributed by atoms with Crippen molar-refractivity contribution in [1.82, 2.24) is 15.6 Å². The van der Waals surface area contributed by atoms with Gasteiger partial charge in [-0.05, 0) is 49.9 Å². The number of hydrogen-bond acceptors (Lipinski definition) is 3. The van der Waals surface area contributed by atoms with Crippen LogP contribution >= 0.6 is 24.0 Å². The lowest BCUT2D eigenvalue weighted by atomic mass is 9.72. The molecule has 0 amide bonds. The third kappa shape index (κ3) is 6.67. The van der Waals surface area contributed by atoms with Crippen molar-refractivity contribution in [3.63, 3.8) is 0 Å². The molecule has 1 fully saturated rings. The highest BCUT2D eigenvalue weighted by atomic mass is 127. The summed E-state index contributed by atoms with van der Waals surface area (Å²) >= 11 is 0. The Hall–Kier alpha value is -1.67. The first-order valence-electron chi connectivity index (χ1n) is 10.3. The van der Waals surface area contributed by atoms with Gasteiger partial charge in [0.1, 0.15) is 0 Å². The van der Waals surface area contributed by atoms with Crippen molar-refractivity contribution in [2.75, 3.05) is 32.8 Å². The van der Waals surface area contributed by atoms with E-state index in [9.17, 15) is 0 Å². The molecule has 2 heterocycles. The van der Waals surface area contributed by atoms with Crippen LogP contribution in [0.25, 0.3) is 0 Å². The lowest BCUT2D eigenvalue weighted by molar-refractivity contribution is 0.0529. The summed E-state index contributed by atoms with van der Waals surface area (Å²) in [6, 6.07) is 14.7. The number of aromatic nitrogens is 1. The number of nitrogens with zero attached hydrogens (tertiary/aromatic N) is 2. The van der Waals surface area contributed by atoms with Gasteiger partial charge in [-0.2, -0.15) is 0 Å². The molecule has 0 atom stereocenters. The van der Waals surface area contributed by atoms with Crippen LogP contribution in [0.1, 0.15) is 36.6 Å². The van der Waals surface area contributed by atoms with Gasteiger partial charge in [0.05, 0.1) is 6.54 Å². The quantitative estimate of drug-likeness (QED) is 0.339. The fourth-order valence-electron chi connectivity index (χ4n) is 3.87. The van der Waals surface area contributed by atoms with Crippen molar-refractivity contribution in [1.29, 1.82) is 0 Å². The fraction of sp³-hybridized carbons (Fsp3) is 0.478. The van der Waals surface area contributed by atoms with Gasteiger partial charge in [0.15, 0.2) is 5.96 Å². The minimum atomic E-state index is 0. The number of guanidine groups is 1. The topological polar surface area (TPSA) is 58.5 Å². The fourth-order valence-corrected chi connectivity index (χ4v) is 3.87. The average Bonchev–Trinajstić information content (AvgIpc) is 2.74. The van der Waals surface area contributed by atoms with Crippen LogP contribution in [-0.2, 0) is 16.6 Å². The second kappa shape index (κ2) is 12.1. The maximum atomic E-state index is 5.67. The average molecular weight is 508 g/mol. The second-order valence-electron chi connectivity index (χ2n) is 7.40. The zero-order chi connectivity index (χ0) is 19.7. The number of hydrogen-bond donors (Lipinski definition) is 2. The normalized spacial score (nSPS) is 16.0. The van der Waals surface area contributed by atoms with E-state index in [0.717, 1.165) is 63.8 Å². The van der Waals surface area contributed by atoms with Crippen molar-refractivity contribution in [2.45, 2.75) is 38.5 Å². The van der Waals surface area contributed by atoms with Crippen LogP contribution in [0, 0.1) is 6.92 Å². The zero-order valence-corrected chi connectivity index (χ0v) is 19.8. The van der Waals surface area contributed by atoms with Crippen LogP contribution < -0.4 is 10.6 Å². The summed E-state index contributed by atoms with van der Waals surface area (Å²) in [4.78, 5) is 9.36. The summed E-state index contributed by atoms with van der Waals surface area (Å²) in [6.45, 7) is 8.31. The number of ether oxygens (including phenoxy) is 1. The van der Waals surface area contributed by atoms with Crippen LogP contribution in [0.15, 0.2) is 53.7 Å². The van der Waals surface area contributed by atoms with Crippen molar-refractivity contribution in [3.8, 4) is 0 Å². The van der Waals surface area contributed by atoms with Gasteiger partial charge in [0.2, 0.25) is 0 Å². The largest absolute Gasteiger partial charge is 0.381 e. The molecule has 0 spiro atoms. The van der Waals surface area contributed by atoms with Crippen molar-refractivity contribution in [3.05, 3.63) is 65.5 Å². The number of aryl methyl sites for hydroxylation is 1. The Bertz CT molecular complexity index is 760. The molecule has 6 heteroatoms. The van der Waals surface area contributed by atoms with E-state index in [1.165, 1.54) is 11.1 Å². The molecule has 158 valence electrons. The third-order valence-corrected chi connectivity index (χ3v) is 5.45. The predicted octanol–water partition coefficient (Wildman–Crippen LogP) is 3.85. The Kier molecular flexibility index (Phi) is 9.87. The van der Waals surface area contributed by atoms with Crippen molar-refractivity contribution < 1.29 is 4.74 Å². The van der Waals surface area contributed by atoms with E-state index in [4.69, 9.17) is 9.73 Å². The Morgan fingerprint density at radius 3 is 2.55 bits per heavy atom. The number of nitrogens with one attached hydrogen (secondary N) is 2. The SMILES string of the molecule is CCNC(=NCC1(c2ccccc2C)CCOCC1)NCCc1ccccn1.I. The van der Waals surface area contributed by atoms with Gasteiger partial charge < -0.3 is 15.4 Å². The molecule has 1 aromatic heterocycles. The van der Waals surface area contributed by atoms with Gasteiger partial charge in [0, 0.05) is 50.0 Å². The van der Waals surface area contributed by atoms with Gasteiger partial charge in [-0.25, -0.2) is 0 Å². The molecule has 0 aliphatic carbocycles. The molecule has 1 aliphatic rings. The molecule has 1 aromatic carbocycles. The maximum absolute atomic E-state index is 5.67. The van der Waals surface area contributed by atoms with E-state index in [2.05, 4.69) is 59.8 Å². The van der Waals surface area contributed by atoms with Gasteiger partial charge in [-0.1, -0.05) is 30.3 Å². The molecule has 1 aliphatic heterocycles. The van der Waals surface area contributed by atoms with Gasteiger partial charge in [-0.3, -0.25) is 9.98 Å². The summed E-state index contributed by atoms with van der Waals surface area (Å²) in [5.41, 5.74) is 3.89. The number of aliphatic imine (C=N–C) groups is 1. The number of benzene rings is 1. The van der Waals surface area contributed by atoms with E-state index in [0.29, 0.717) is 0 Å². The van der Waals surface area contributed by atoms with Crippen LogP contribution in [0.3, 0.4) is 0 Å².